The second kappa shape index (κ2) is 5.19. The zero-order chi connectivity index (χ0) is 15.8. The Bertz CT molecular complexity index is 596. The van der Waals surface area contributed by atoms with E-state index in [1.807, 2.05) is 0 Å². The van der Waals surface area contributed by atoms with Gasteiger partial charge in [-0.15, -0.1) is 0 Å². The molecule has 4 amide bonds. The van der Waals surface area contributed by atoms with Gasteiger partial charge in [-0.25, -0.2) is 9.69 Å². The first kappa shape index (κ1) is 15.0. The molecule has 0 aromatic heterocycles. The quantitative estimate of drug-likeness (QED) is 0.787. The van der Waals surface area contributed by atoms with Crippen LogP contribution < -0.4 is 4.90 Å². The lowest BCUT2D eigenvalue weighted by atomic mass is 10.2. The van der Waals surface area contributed by atoms with E-state index < -0.39 is 37.0 Å². The molecule has 1 aliphatic rings. The van der Waals surface area contributed by atoms with Gasteiger partial charge in [0.25, 0.3) is 0 Å². The predicted octanol–water partition coefficient (Wildman–Crippen LogP) is 2.24. The molecule has 0 radical (unpaired) electrons. The Labute approximate surface area is 117 Å². The third-order valence-electron chi connectivity index (χ3n) is 2.90. The average Bonchev–Trinajstić information content (AvgIpc) is 2.35. The fourth-order valence-electron chi connectivity index (χ4n) is 1.92. The highest BCUT2D eigenvalue weighted by molar-refractivity contribution is 6.26. The molecular formula is C13H11F3N2O3. The van der Waals surface area contributed by atoms with E-state index in [0.717, 1.165) is 5.56 Å². The van der Waals surface area contributed by atoms with E-state index in [1.165, 1.54) is 12.1 Å². The fourth-order valence-corrected chi connectivity index (χ4v) is 1.92. The molecule has 1 aromatic rings. The van der Waals surface area contributed by atoms with Gasteiger partial charge in [-0.2, -0.15) is 13.2 Å². The van der Waals surface area contributed by atoms with Gasteiger partial charge in [0.05, 0.1) is 5.69 Å². The topological polar surface area (TPSA) is 57.7 Å². The Hall–Kier alpha value is -2.38. The van der Waals surface area contributed by atoms with Gasteiger partial charge < -0.3 is 0 Å². The molecule has 1 saturated heterocycles. The number of hydrogen-bond donors (Lipinski definition) is 0. The summed E-state index contributed by atoms with van der Waals surface area (Å²) in [7, 11) is 0. The lowest BCUT2D eigenvalue weighted by Crippen LogP contribution is -2.57. The Balaban J connectivity index is 2.33. The number of urea groups is 1. The molecule has 1 heterocycles. The Morgan fingerprint density at radius 2 is 1.62 bits per heavy atom. The van der Waals surface area contributed by atoms with Crippen LogP contribution in [0.15, 0.2) is 24.3 Å². The fraction of sp³-hybridized carbons (Fsp3) is 0.308. The van der Waals surface area contributed by atoms with E-state index >= 15 is 0 Å². The van der Waals surface area contributed by atoms with Gasteiger partial charge in [0.1, 0.15) is 13.0 Å². The highest BCUT2D eigenvalue weighted by Crippen LogP contribution is 2.25. The first-order valence-electron chi connectivity index (χ1n) is 6.00. The third kappa shape index (κ3) is 3.21. The molecule has 0 atom stereocenters. The SMILES string of the molecule is Cc1ccc(N2C(=O)CC(=O)N(CC(F)(F)F)C2=O)cc1. The van der Waals surface area contributed by atoms with Crippen molar-refractivity contribution in [2.24, 2.45) is 0 Å². The number of barbiturate groups is 1. The summed E-state index contributed by atoms with van der Waals surface area (Å²) in [4.78, 5) is 35.9. The third-order valence-corrected chi connectivity index (χ3v) is 2.90. The minimum atomic E-state index is -4.72. The van der Waals surface area contributed by atoms with Crippen LogP contribution in [0.1, 0.15) is 12.0 Å². The van der Waals surface area contributed by atoms with Crippen LogP contribution in [-0.2, 0) is 9.59 Å². The summed E-state index contributed by atoms with van der Waals surface area (Å²) in [6.07, 6.45) is -5.49. The molecule has 5 nitrogen and oxygen atoms in total. The number of amides is 4. The van der Waals surface area contributed by atoms with Crippen LogP contribution in [0.4, 0.5) is 23.7 Å². The van der Waals surface area contributed by atoms with Gasteiger partial charge in [0.15, 0.2) is 0 Å². The lowest BCUT2D eigenvalue weighted by molar-refractivity contribution is -0.157. The highest BCUT2D eigenvalue weighted by atomic mass is 19.4. The van der Waals surface area contributed by atoms with Crippen LogP contribution in [0.2, 0.25) is 0 Å². The number of halogens is 3. The monoisotopic (exact) mass is 300 g/mol. The standard InChI is InChI=1S/C13H11F3N2O3/c1-8-2-4-9(5-3-8)18-11(20)6-10(19)17(12(18)21)7-13(14,15)16/h2-5H,6-7H2,1H3. The first-order valence-corrected chi connectivity index (χ1v) is 6.00. The zero-order valence-corrected chi connectivity index (χ0v) is 11.0. The van der Waals surface area contributed by atoms with Gasteiger partial charge in [0, 0.05) is 0 Å². The summed E-state index contributed by atoms with van der Waals surface area (Å²) in [5, 5.41) is 0. The van der Waals surface area contributed by atoms with E-state index in [4.69, 9.17) is 0 Å². The van der Waals surface area contributed by atoms with Crippen LogP contribution in [0, 0.1) is 6.92 Å². The zero-order valence-electron chi connectivity index (χ0n) is 11.0. The van der Waals surface area contributed by atoms with Crippen LogP contribution in [0.5, 0.6) is 0 Å². The summed E-state index contributed by atoms with van der Waals surface area (Å²) in [5.74, 6) is -1.99. The number of alkyl halides is 3. The number of carbonyl (C=O) groups excluding carboxylic acids is 3. The highest BCUT2D eigenvalue weighted by Gasteiger charge is 2.44. The van der Waals surface area contributed by atoms with Crippen molar-refractivity contribution in [3.05, 3.63) is 29.8 Å². The van der Waals surface area contributed by atoms with Crippen molar-refractivity contribution in [1.29, 1.82) is 0 Å². The molecule has 0 aliphatic carbocycles. The van der Waals surface area contributed by atoms with Crippen molar-refractivity contribution in [1.82, 2.24) is 4.90 Å². The number of hydrogen-bond acceptors (Lipinski definition) is 3. The van der Waals surface area contributed by atoms with Gasteiger partial charge in [-0.1, -0.05) is 17.7 Å². The number of rotatable bonds is 2. The van der Waals surface area contributed by atoms with Crippen molar-refractivity contribution in [3.8, 4) is 0 Å². The van der Waals surface area contributed by atoms with Gasteiger partial charge in [-0.05, 0) is 19.1 Å². The van der Waals surface area contributed by atoms with Crippen LogP contribution >= 0.6 is 0 Å². The minimum absolute atomic E-state index is 0.0429. The van der Waals surface area contributed by atoms with Gasteiger partial charge in [-0.3, -0.25) is 14.5 Å². The lowest BCUT2D eigenvalue weighted by Gasteiger charge is -2.33. The van der Waals surface area contributed by atoms with Crippen LogP contribution in [-0.4, -0.2) is 35.5 Å². The molecule has 0 N–H and O–H groups in total. The molecule has 0 spiro atoms. The number of aryl methyl sites for hydroxylation is 1. The molecule has 0 unspecified atom stereocenters. The summed E-state index contributed by atoms with van der Waals surface area (Å²) < 4.78 is 37.3. The molecule has 2 rings (SSSR count). The second-order valence-electron chi connectivity index (χ2n) is 4.62. The molecule has 0 bridgehead atoms. The van der Waals surface area contributed by atoms with E-state index in [9.17, 15) is 27.6 Å². The Morgan fingerprint density at radius 1 is 1.05 bits per heavy atom. The van der Waals surface area contributed by atoms with Crippen molar-refractivity contribution in [2.75, 3.05) is 11.4 Å². The maximum absolute atomic E-state index is 12.4. The van der Waals surface area contributed by atoms with Crippen molar-refractivity contribution in [3.63, 3.8) is 0 Å². The molecule has 112 valence electrons. The van der Waals surface area contributed by atoms with Gasteiger partial charge in [0.2, 0.25) is 11.8 Å². The number of anilines is 1. The van der Waals surface area contributed by atoms with Crippen molar-refractivity contribution in [2.45, 2.75) is 19.5 Å². The largest absolute Gasteiger partial charge is 0.406 e. The molecule has 0 saturated carbocycles. The molecule has 21 heavy (non-hydrogen) atoms. The molecule has 1 fully saturated rings. The maximum atomic E-state index is 12.4. The molecular weight excluding hydrogens is 289 g/mol. The van der Waals surface area contributed by atoms with Gasteiger partial charge >= 0.3 is 12.2 Å². The maximum Gasteiger partial charge on any atom is 0.406 e. The summed E-state index contributed by atoms with van der Waals surface area (Å²) >= 11 is 0. The van der Waals surface area contributed by atoms with E-state index in [-0.39, 0.29) is 10.6 Å². The number of nitrogens with zero attached hydrogens (tertiary/aromatic N) is 2. The second-order valence-corrected chi connectivity index (χ2v) is 4.62. The average molecular weight is 300 g/mol. The minimum Gasteiger partial charge on any atom is -0.274 e. The van der Waals surface area contributed by atoms with E-state index in [0.29, 0.717) is 4.90 Å². The van der Waals surface area contributed by atoms with Crippen molar-refractivity contribution < 1.29 is 27.6 Å². The van der Waals surface area contributed by atoms with E-state index in [2.05, 4.69) is 0 Å². The summed E-state index contributed by atoms with van der Waals surface area (Å²) in [5.41, 5.74) is 0.995. The summed E-state index contributed by atoms with van der Waals surface area (Å²) in [6, 6.07) is 4.82. The smallest absolute Gasteiger partial charge is 0.274 e. The predicted molar refractivity (Wildman–Crippen MR) is 66.4 cm³/mol. The number of carbonyl (C=O) groups is 3. The van der Waals surface area contributed by atoms with Crippen molar-refractivity contribution >= 4 is 23.5 Å². The number of imide groups is 2. The van der Waals surface area contributed by atoms with E-state index in [1.54, 1.807) is 19.1 Å². The molecule has 1 aliphatic heterocycles. The Kier molecular flexibility index (Phi) is 3.71. The number of benzene rings is 1. The van der Waals surface area contributed by atoms with Crippen LogP contribution in [0.25, 0.3) is 0 Å². The van der Waals surface area contributed by atoms with Crippen LogP contribution in [0.3, 0.4) is 0 Å². The normalized spacial score (nSPS) is 16.7. The summed E-state index contributed by atoms with van der Waals surface area (Å²) in [6.45, 7) is 0.0728. The molecule has 1 aromatic carbocycles. The molecule has 8 heteroatoms. The Morgan fingerprint density at radius 3 is 2.14 bits per heavy atom. The first-order chi connectivity index (χ1) is 9.69.